The van der Waals surface area contributed by atoms with Gasteiger partial charge in [0.05, 0.1) is 18.7 Å². The predicted octanol–water partition coefficient (Wildman–Crippen LogP) is 2.39. The molecule has 1 aromatic rings. The molecule has 0 saturated carbocycles. The van der Waals surface area contributed by atoms with Gasteiger partial charge >= 0.3 is 0 Å². The third-order valence-electron chi connectivity index (χ3n) is 3.91. The van der Waals surface area contributed by atoms with Gasteiger partial charge in [-0.05, 0) is 45.0 Å². The maximum absolute atomic E-state index is 13.8. The maximum Gasteiger partial charge on any atom is 0.142 e. The smallest absolute Gasteiger partial charge is 0.142 e. The first-order valence-corrected chi connectivity index (χ1v) is 7.52. The molecule has 2 N–H and O–H groups in total. The highest BCUT2D eigenvalue weighted by atomic mass is 19.1. The van der Waals surface area contributed by atoms with Gasteiger partial charge < -0.3 is 15.4 Å². The summed E-state index contributed by atoms with van der Waals surface area (Å²) in [5.41, 5.74) is 5.64. The van der Waals surface area contributed by atoms with Crippen LogP contribution in [0.5, 0.6) is 5.75 Å². The monoisotopic (exact) mass is 290 g/mol. The topological polar surface area (TPSA) is 38.5 Å². The van der Waals surface area contributed by atoms with E-state index in [1.54, 1.807) is 12.1 Å². The summed E-state index contributed by atoms with van der Waals surface area (Å²) >= 11 is 0. The average molecular weight is 290 g/mol. The minimum Gasteiger partial charge on any atom is -0.493 e. The molecule has 0 spiro atoms. The van der Waals surface area contributed by atoms with Gasteiger partial charge in [0.1, 0.15) is 11.6 Å². The van der Waals surface area contributed by atoms with Crippen molar-refractivity contribution in [2.24, 2.45) is 5.73 Å². The third kappa shape index (κ3) is 4.73. The number of likely N-dealkylation sites (tertiary alicyclic amines) is 1. The van der Waals surface area contributed by atoms with E-state index in [4.69, 9.17) is 10.5 Å². The molecular weight excluding hydrogens is 267 g/mol. The summed E-state index contributed by atoms with van der Waals surface area (Å²) in [5.74, 6) is 5.55. The lowest BCUT2D eigenvalue weighted by Crippen LogP contribution is -2.37. The Labute approximate surface area is 126 Å². The van der Waals surface area contributed by atoms with E-state index in [0.29, 0.717) is 24.0 Å². The van der Waals surface area contributed by atoms with Gasteiger partial charge in [0, 0.05) is 12.1 Å². The van der Waals surface area contributed by atoms with Crippen LogP contribution in [0.3, 0.4) is 0 Å². The lowest BCUT2D eigenvalue weighted by Gasteiger charge is -2.32. The Balaban J connectivity index is 1.84. The van der Waals surface area contributed by atoms with Crippen molar-refractivity contribution in [3.63, 3.8) is 0 Å². The molecule has 114 valence electrons. The number of ether oxygens (including phenoxy) is 1. The summed E-state index contributed by atoms with van der Waals surface area (Å²) in [7, 11) is 2.16. The Kier molecular flexibility index (Phi) is 6.04. The van der Waals surface area contributed by atoms with E-state index in [0.717, 1.165) is 13.0 Å². The molecule has 0 bridgehead atoms. The van der Waals surface area contributed by atoms with Gasteiger partial charge in [-0.15, -0.1) is 0 Å². The lowest BCUT2D eigenvalue weighted by molar-refractivity contribution is 0.153. The minimum atomic E-state index is -0.358. The second-order valence-electron chi connectivity index (χ2n) is 5.41. The second kappa shape index (κ2) is 8.02. The van der Waals surface area contributed by atoms with Crippen molar-refractivity contribution in [1.29, 1.82) is 0 Å². The standard InChI is InChI=1S/C17H23FN2O/c1-20-11-3-2-6-15(20)9-12-21-16-8-7-14(5-4-10-19)17(18)13-16/h7-8,13,15H,2-3,6,9-12,19H2,1H3. The van der Waals surface area contributed by atoms with Crippen LogP contribution in [-0.2, 0) is 0 Å². The number of piperidine rings is 1. The third-order valence-corrected chi connectivity index (χ3v) is 3.91. The summed E-state index contributed by atoms with van der Waals surface area (Å²) in [6.07, 6.45) is 4.77. The largest absolute Gasteiger partial charge is 0.493 e. The summed E-state index contributed by atoms with van der Waals surface area (Å²) in [4.78, 5) is 2.39. The van der Waals surface area contributed by atoms with Crippen LogP contribution in [0, 0.1) is 17.7 Å². The predicted molar refractivity (Wildman–Crippen MR) is 82.7 cm³/mol. The van der Waals surface area contributed by atoms with E-state index in [9.17, 15) is 4.39 Å². The Morgan fingerprint density at radius 3 is 3.00 bits per heavy atom. The Morgan fingerprint density at radius 2 is 2.29 bits per heavy atom. The molecule has 1 heterocycles. The van der Waals surface area contributed by atoms with Crippen molar-refractivity contribution in [2.75, 3.05) is 26.7 Å². The molecule has 0 aliphatic carbocycles. The zero-order valence-electron chi connectivity index (χ0n) is 12.6. The summed E-state index contributed by atoms with van der Waals surface area (Å²) in [5, 5.41) is 0. The summed E-state index contributed by atoms with van der Waals surface area (Å²) in [6, 6.07) is 5.37. The normalized spacial score (nSPS) is 18.9. The molecule has 0 aromatic heterocycles. The van der Waals surface area contributed by atoms with Crippen LogP contribution in [0.2, 0.25) is 0 Å². The van der Waals surface area contributed by atoms with Crippen LogP contribution in [0.25, 0.3) is 0 Å². The number of halogens is 1. The van der Waals surface area contributed by atoms with E-state index in [2.05, 4.69) is 23.8 Å². The number of rotatable bonds is 4. The molecule has 1 fully saturated rings. The van der Waals surface area contributed by atoms with Crippen LogP contribution in [-0.4, -0.2) is 37.7 Å². The van der Waals surface area contributed by atoms with E-state index >= 15 is 0 Å². The molecule has 1 aliphatic heterocycles. The Bertz CT molecular complexity index is 521. The fourth-order valence-corrected chi connectivity index (χ4v) is 2.65. The fraction of sp³-hybridized carbons (Fsp3) is 0.529. The van der Waals surface area contributed by atoms with Gasteiger partial charge in [0.2, 0.25) is 0 Å². The number of nitrogens with zero attached hydrogens (tertiary/aromatic N) is 1. The molecule has 2 rings (SSSR count). The van der Waals surface area contributed by atoms with Crippen LogP contribution in [0.1, 0.15) is 31.2 Å². The molecule has 0 radical (unpaired) electrons. The van der Waals surface area contributed by atoms with E-state index in [1.807, 2.05) is 0 Å². The molecule has 1 aromatic carbocycles. The number of hydrogen-bond acceptors (Lipinski definition) is 3. The zero-order valence-corrected chi connectivity index (χ0v) is 12.6. The Morgan fingerprint density at radius 1 is 1.43 bits per heavy atom. The van der Waals surface area contributed by atoms with Gasteiger partial charge in [0.15, 0.2) is 0 Å². The van der Waals surface area contributed by atoms with Crippen LogP contribution < -0.4 is 10.5 Å². The highest BCUT2D eigenvalue weighted by molar-refractivity contribution is 5.39. The van der Waals surface area contributed by atoms with Crippen LogP contribution in [0.15, 0.2) is 18.2 Å². The Hall–Kier alpha value is -1.57. The molecule has 21 heavy (non-hydrogen) atoms. The van der Waals surface area contributed by atoms with Crippen molar-refractivity contribution in [1.82, 2.24) is 4.90 Å². The summed E-state index contributed by atoms with van der Waals surface area (Å²) < 4.78 is 19.4. The molecule has 4 heteroatoms. The molecule has 1 aliphatic rings. The van der Waals surface area contributed by atoms with Gasteiger partial charge in [-0.2, -0.15) is 0 Å². The van der Waals surface area contributed by atoms with E-state index in [1.165, 1.54) is 25.3 Å². The van der Waals surface area contributed by atoms with Crippen LogP contribution in [0.4, 0.5) is 4.39 Å². The fourth-order valence-electron chi connectivity index (χ4n) is 2.65. The molecule has 3 nitrogen and oxygen atoms in total. The zero-order chi connectivity index (χ0) is 15.1. The number of hydrogen-bond donors (Lipinski definition) is 1. The van der Waals surface area contributed by atoms with Gasteiger partial charge in [-0.25, -0.2) is 4.39 Å². The first-order chi connectivity index (χ1) is 10.2. The van der Waals surface area contributed by atoms with Crippen molar-refractivity contribution in [3.8, 4) is 17.6 Å². The van der Waals surface area contributed by atoms with Crippen molar-refractivity contribution < 1.29 is 9.13 Å². The van der Waals surface area contributed by atoms with Crippen molar-refractivity contribution in [2.45, 2.75) is 31.7 Å². The van der Waals surface area contributed by atoms with Gasteiger partial charge in [0.25, 0.3) is 0 Å². The minimum absolute atomic E-state index is 0.229. The summed E-state index contributed by atoms with van der Waals surface area (Å²) in [6.45, 7) is 2.00. The molecular formula is C17H23FN2O. The van der Waals surface area contributed by atoms with Gasteiger partial charge in [-0.3, -0.25) is 0 Å². The second-order valence-corrected chi connectivity index (χ2v) is 5.41. The maximum atomic E-state index is 13.8. The lowest BCUT2D eigenvalue weighted by atomic mass is 10.0. The van der Waals surface area contributed by atoms with Gasteiger partial charge in [-0.1, -0.05) is 18.3 Å². The molecule has 1 atom stereocenters. The molecule has 0 amide bonds. The van der Waals surface area contributed by atoms with Crippen molar-refractivity contribution >= 4 is 0 Å². The highest BCUT2D eigenvalue weighted by Gasteiger charge is 2.18. The average Bonchev–Trinajstić information content (AvgIpc) is 2.48. The number of nitrogens with two attached hydrogens (primary N) is 1. The SMILES string of the molecule is CN1CCCCC1CCOc1ccc(C#CCN)c(F)c1. The molecule has 1 saturated heterocycles. The number of benzene rings is 1. The first kappa shape index (κ1) is 15.8. The molecule has 1 unspecified atom stereocenters. The quantitative estimate of drug-likeness (QED) is 0.865. The van der Waals surface area contributed by atoms with E-state index < -0.39 is 0 Å². The first-order valence-electron chi connectivity index (χ1n) is 7.52. The van der Waals surface area contributed by atoms with Crippen LogP contribution >= 0.6 is 0 Å². The highest BCUT2D eigenvalue weighted by Crippen LogP contribution is 2.20. The van der Waals surface area contributed by atoms with E-state index in [-0.39, 0.29) is 12.4 Å². The van der Waals surface area contributed by atoms with Crippen molar-refractivity contribution in [3.05, 3.63) is 29.6 Å².